The van der Waals surface area contributed by atoms with E-state index < -0.39 is 5.60 Å². The van der Waals surface area contributed by atoms with E-state index in [1.54, 1.807) is 11.8 Å². The van der Waals surface area contributed by atoms with Crippen molar-refractivity contribution >= 4 is 11.9 Å². The number of allylic oxidation sites excluding steroid dienone is 1. The number of carbonyl (C=O) groups is 2. The molecule has 2 aliphatic rings. The lowest BCUT2D eigenvalue weighted by Gasteiger charge is -2.47. The fourth-order valence-electron chi connectivity index (χ4n) is 3.09. The summed E-state index contributed by atoms with van der Waals surface area (Å²) in [6.07, 6.45) is 0.949. The number of ether oxygens (including phenoxy) is 2. The lowest BCUT2D eigenvalue weighted by molar-refractivity contribution is -0.128. The average molecular weight is 295 g/mol. The van der Waals surface area contributed by atoms with Crippen molar-refractivity contribution in [1.29, 1.82) is 0 Å². The minimum absolute atomic E-state index is 0.0555. The van der Waals surface area contributed by atoms with Gasteiger partial charge in [0.25, 0.3) is 0 Å². The number of nitrogens with zero attached hydrogens (tertiary/aromatic N) is 1. The highest BCUT2D eigenvalue weighted by atomic mass is 16.6. The van der Waals surface area contributed by atoms with Crippen LogP contribution in [0, 0.1) is 5.92 Å². The van der Waals surface area contributed by atoms with Gasteiger partial charge >= 0.3 is 6.09 Å². The molecule has 0 spiro atoms. The number of ketones is 1. The standard InChI is InChI=1S/C16H25NO4/c1-10(2)14(18)11-6-12-8-20-9-13(7-11)17(12)15(19)21-16(3,4)5/h11-13H,1,6-9H2,2-5H3. The topological polar surface area (TPSA) is 55.8 Å². The molecule has 2 rings (SSSR count). The molecular weight excluding hydrogens is 270 g/mol. The number of rotatable bonds is 2. The predicted octanol–water partition coefficient (Wildman–Crippen LogP) is 2.55. The number of fused-ring (bicyclic) bond motifs is 2. The molecule has 1 amide bonds. The van der Waals surface area contributed by atoms with Crippen LogP contribution in [-0.2, 0) is 14.3 Å². The number of morpholine rings is 1. The first kappa shape index (κ1) is 16.0. The molecule has 0 aromatic carbocycles. The maximum atomic E-state index is 12.4. The largest absolute Gasteiger partial charge is 0.444 e. The third kappa shape index (κ3) is 3.64. The molecule has 0 saturated carbocycles. The minimum atomic E-state index is -0.517. The quantitative estimate of drug-likeness (QED) is 0.735. The van der Waals surface area contributed by atoms with Crippen molar-refractivity contribution in [3.8, 4) is 0 Å². The zero-order chi connectivity index (χ0) is 15.8. The number of Topliss-reactive ketones (excluding diaryl/α,β-unsaturated/α-hetero) is 1. The van der Waals surface area contributed by atoms with Gasteiger partial charge in [-0.05, 0) is 46.1 Å². The van der Waals surface area contributed by atoms with Crippen LogP contribution in [0.2, 0.25) is 0 Å². The van der Waals surface area contributed by atoms with E-state index in [-0.39, 0.29) is 29.9 Å². The van der Waals surface area contributed by atoms with Crippen LogP contribution in [-0.4, -0.2) is 47.7 Å². The summed E-state index contributed by atoms with van der Waals surface area (Å²) in [7, 11) is 0. The highest BCUT2D eigenvalue weighted by Gasteiger charge is 2.45. The normalized spacial score (nSPS) is 29.0. The van der Waals surface area contributed by atoms with Crippen LogP contribution in [0.5, 0.6) is 0 Å². The molecule has 2 bridgehead atoms. The molecule has 5 nitrogen and oxygen atoms in total. The van der Waals surface area contributed by atoms with Crippen LogP contribution in [0.15, 0.2) is 12.2 Å². The van der Waals surface area contributed by atoms with Gasteiger partial charge in [-0.15, -0.1) is 0 Å². The zero-order valence-corrected chi connectivity index (χ0v) is 13.3. The van der Waals surface area contributed by atoms with E-state index in [4.69, 9.17) is 9.47 Å². The Balaban J connectivity index is 2.11. The monoisotopic (exact) mass is 295 g/mol. The molecule has 118 valence electrons. The summed E-state index contributed by atoms with van der Waals surface area (Å²) in [5, 5.41) is 0. The van der Waals surface area contributed by atoms with Crippen molar-refractivity contribution in [2.75, 3.05) is 13.2 Å². The van der Waals surface area contributed by atoms with Crippen molar-refractivity contribution in [1.82, 2.24) is 4.90 Å². The van der Waals surface area contributed by atoms with Crippen LogP contribution in [0.1, 0.15) is 40.5 Å². The maximum Gasteiger partial charge on any atom is 0.410 e. The van der Waals surface area contributed by atoms with Crippen molar-refractivity contribution < 1.29 is 19.1 Å². The molecule has 0 aliphatic carbocycles. The number of amides is 1. The highest BCUT2D eigenvalue weighted by Crippen LogP contribution is 2.34. The van der Waals surface area contributed by atoms with E-state index in [1.807, 2.05) is 20.8 Å². The first-order valence-corrected chi connectivity index (χ1v) is 7.48. The summed E-state index contributed by atoms with van der Waals surface area (Å²) in [4.78, 5) is 26.3. The Labute approximate surface area is 126 Å². The zero-order valence-electron chi connectivity index (χ0n) is 13.3. The second-order valence-electron chi connectivity index (χ2n) is 7.05. The Hall–Kier alpha value is -1.36. The van der Waals surface area contributed by atoms with E-state index in [9.17, 15) is 9.59 Å². The summed E-state index contributed by atoms with van der Waals surface area (Å²) in [5.41, 5.74) is 0.0704. The lowest BCUT2D eigenvalue weighted by Crippen LogP contribution is -2.60. The molecule has 5 heteroatoms. The molecule has 0 aromatic heterocycles. The van der Waals surface area contributed by atoms with E-state index in [0.29, 0.717) is 31.6 Å². The molecule has 0 aromatic rings. The lowest BCUT2D eigenvalue weighted by atomic mass is 9.81. The van der Waals surface area contributed by atoms with E-state index >= 15 is 0 Å². The van der Waals surface area contributed by atoms with Crippen molar-refractivity contribution in [2.24, 2.45) is 5.92 Å². The molecule has 0 N–H and O–H groups in total. The van der Waals surface area contributed by atoms with Gasteiger partial charge in [0.15, 0.2) is 5.78 Å². The smallest absolute Gasteiger partial charge is 0.410 e. The average Bonchev–Trinajstić information content (AvgIpc) is 2.33. The molecule has 2 saturated heterocycles. The van der Waals surface area contributed by atoms with Crippen LogP contribution in [0.3, 0.4) is 0 Å². The molecule has 2 atom stereocenters. The van der Waals surface area contributed by atoms with Gasteiger partial charge in [0.05, 0.1) is 25.3 Å². The molecule has 2 heterocycles. The third-order valence-corrected chi connectivity index (χ3v) is 3.92. The predicted molar refractivity (Wildman–Crippen MR) is 79.0 cm³/mol. The van der Waals surface area contributed by atoms with E-state index in [2.05, 4.69) is 6.58 Å². The van der Waals surface area contributed by atoms with Crippen molar-refractivity contribution in [3.05, 3.63) is 12.2 Å². The summed E-state index contributed by atoms with van der Waals surface area (Å²) < 4.78 is 11.0. The van der Waals surface area contributed by atoms with Gasteiger partial charge in [-0.25, -0.2) is 4.79 Å². The summed E-state index contributed by atoms with van der Waals surface area (Å²) in [6.45, 7) is 12.0. The number of hydrogen-bond acceptors (Lipinski definition) is 4. The van der Waals surface area contributed by atoms with Gasteiger partial charge in [0, 0.05) is 5.92 Å². The first-order valence-electron chi connectivity index (χ1n) is 7.48. The molecule has 2 aliphatic heterocycles. The number of carbonyl (C=O) groups excluding carboxylic acids is 2. The summed E-state index contributed by atoms with van der Waals surface area (Å²) >= 11 is 0. The minimum Gasteiger partial charge on any atom is -0.444 e. The summed E-state index contributed by atoms with van der Waals surface area (Å²) in [5.74, 6) is 0.0517. The number of piperidine rings is 1. The SMILES string of the molecule is C=C(C)C(=O)C1CC2COCC(C1)N2C(=O)OC(C)(C)C. The van der Waals surface area contributed by atoms with E-state index in [1.165, 1.54) is 0 Å². The van der Waals surface area contributed by atoms with Gasteiger partial charge < -0.3 is 9.47 Å². The Morgan fingerprint density at radius 3 is 2.14 bits per heavy atom. The molecule has 2 unspecified atom stereocenters. The molecule has 2 fully saturated rings. The van der Waals surface area contributed by atoms with Gasteiger partial charge in [0.2, 0.25) is 0 Å². The van der Waals surface area contributed by atoms with Crippen molar-refractivity contribution in [2.45, 2.75) is 58.2 Å². The van der Waals surface area contributed by atoms with Gasteiger partial charge in [-0.1, -0.05) is 6.58 Å². The fraction of sp³-hybridized carbons (Fsp3) is 0.750. The Morgan fingerprint density at radius 2 is 1.71 bits per heavy atom. The summed E-state index contributed by atoms with van der Waals surface area (Å²) in [6, 6.07) is -0.165. The van der Waals surface area contributed by atoms with Gasteiger partial charge in [-0.2, -0.15) is 0 Å². The number of hydrogen-bond donors (Lipinski definition) is 0. The fourth-order valence-corrected chi connectivity index (χ4v) is 3.09. The van der Waals surface area contributed by atoms with Crippen molar-refractivity contribution in [3.63, 3.8) is 0 Å². The van der Waals surface area contributed by atoms with Crippen LogP contribution < -0.4 is 0 Å². The second-order valence-corrected chi connectivity index (χ2v) is 7.05. The third-order valence-electron chi connectivity index (χ3n) is 3.92. The second kappa shape index (κ2) is 5.79. The van der Waals surface area contributed by atoms with Crippen LogP contribution >= 0.6 is 0 Å². The van der Waals surface area contributed by atoms with Gasteiger partial charge in [0.1, 0.15) is 5.60 Å². The molecule has 21 heavy (non-hydrogen) atoms. The van der Waals surface area contributed by atoms with Crippen LogP contribution in [0.4, 0.5) is 4.79 Å². The maximum absolute atomic E-state index is 12.4. The Bertz CT molecular complexity index is 438. The molecule has 0 radical (unpaired) electrons. The first-order chi connectivity index (χ1) is 9.69. The molecular formula is C16H25NO4. The Kier molecular flexibility index (Phi) is 4.42. The van der Waals surface area contributed by atoms with Gasteiger partial charge in [-0.3, -0.25) is 9.69 Å². The highest BCUT2D eigenvalue weighted by molar-refractivity contribution is 5.96. The Morgan fingerprint density at radius 1 is 1.19 bits per heavy atom. The van der Waals surface area contributed by atoms with Crippen LogP contribution in [0.25, 0.3) is 0 Å². The van der Waals surface area contributed by atoms with E-state index in [0.717, 1.165) is 0 Å².